The van der Waals surface area contributed by atoms with E-state index in [9.17, 15) is 5.11 Å². The zero-order valence-electron chi connectivity index (χ0n) is 14.5. The predicted octanol–water partition coefficient (Wildman–Crippen LogP) is 2.28. The fourth-order valence-electron chi connectivity index (χ4n) is 4.94. The van der Waals surface area contributed by atoms with E-state index >= 15 is 0 Å². The summed E-state index contributed by atoms with van der Waals surface area (Å²) in [5.41, 5.74) is 1.16. The maximum atomic E-state index is 10.6. The normalized spacial score (nSPS) is 31.0. The lowest BCUT2D eigenvalue weighted by molar-refractivity contribution is -0.177. The first kappa shape index (κ1) is 16.2. The van der Waals surface area contributed by atoms with Gasteiger partial charge in [-0.1, -0.05) is 6.42 Å². The third-order valence-electron chi connectivity index (χ3n) is 6.33. The van der Waals surface area contributed by atoms with Crippen LogP contribution in [-0.4, -0.2) is 44.6 Å². The molecule has 5 heteroatoms. The molecule has 24 heavy (non-hydrogen) atoms. The first-order valence-corrected chi connectivity index (χ1v) is 8.94. The van der Waals surface area contributed by atoms with E-state index in [2.05, 4.69) is 5.32 Å². The summed E-state index contributed by atoms with van der Waals surface area (Å²) in [6.07, 6.45) is 4.85. The highest BCUT2D eigenvalue weighted by Gasteiger charge is 2.66. The molecule has 3 aliphatic rings. The van der Waals surface area contributed by atoms with Gasteiger partial charge in [-0.15, -0.1) is 0 Å². The monoisotopic (exact) mass is 333 g/mol. The molecule has 132 valence electrons. The van der Waals surface area contributed by atoms with Crippen molar-refractivity contribution in [2.24, 2.45) is 11.3 Å². The molecule has 3 fully saturated rings. The van der Waals surface area contributed by atoms with E-state index in [1.54, 1.807) is 14.2 Å². The largest absolute Gasteiger partial charge is 0.497 e. The molecule has 4 rings (SSSR count). The second-order valence-electron chi connectivity index (χ2n) is 7.38. The number of fused-ring (bicyclic) bond motifs is 2. The van der Waals surface area contributed by atoms with Crippen molar-refractivity contribution in [3.63, 3.8) is 0 Å². The van der Waals surface area contributed by atoms with Gasteiger partial charge >= 0.3 is 0 Å². The minimum absolute atomic E-state index is 0.340. The van der Waals surface area contributed by atoms with Crippen molar-refractivity contribution in [1.29, 1.82) is 0 Å². The molecule has 2 saturated carbocycles. The molecule has 0 bridgehead atoms. The van der Waals surface area contributed by atoms with Crippen LogP contribution in [0, 0.1) is 11.3 Å². The third kappa shape index (κ3) is 2.41. The Morgan fingerprint density at radius 3 is 2.54 bits per heavy atom. The van der Waals surface area contributed by atoms with Crippen LogP contribution in [0.25, 0.3) is 0 Å². The second-order valence-corrected chi connectivity index (χ2v) is 7.38. The number of methoxy groups -OCH3 is 2. The first-order chi connectivity index (χ1) is 11.7. The van der Waals surface area contributed by atoms with Crippen LogP contribution < -0.4 is 14.8 Å². The molecular weight excluding hydrogens is 306 g/mol. The Morgan fingerprint density at radius 1 is 1.25 bits per heavy atom. The van der Waals surface area contributed by atoms with Crippen molar-refractivity contribution in [3.8, 4) is 11.5 Å². The Labute approximate surface area is 143 Å². The highest BCUT2D eigenvalue weighted by molar-refractivity contribution is 5.39. The Morgan fingerprint density at radius 2 is 1.96 bits per heavy atom. The van der Waals surface area contributed by atoms with Crippen molar-refractivity contribution >= 4 is 0 Å². The summed E-state index contributed by atoms with van der Waals surface area (Å²) in [7, 11) is 3.25. The van der Waals surface area contributed by atoms with Crippen LogP contribution in [0.1, 0.15) is 37.4 Å². The van der Waals surface area contributed by atoms with Gasteiger partial charge in [-0.2, -0.15) is 0 Å². The Balaban J connectivity index is 1.42. The summed E-state index contributed by atoms with van der Waals surface area (Å²) in [6, 6.07) is 6.05. The van der Waals surface area contributed by atoms with E-state index in [1.807, 2.05) is 18.2 Å². The van der Waals surface area contributed by atoms with Gasteiger partial charge in [0.25, 0.3) is 0 Å². The molecule has 2 aliphatic carbocycles. The smallest absolute Gasteiger partial charge is 0.122 e. The van der Waals surface area contributed by atoms with E-state index in [0.29, 0.717) is 41.5 Å². The molecule has 1 aromatic rings. The Hall–Kier alpha value is -1.30. The van der Waals surface area contributed by atoms with Gasteiger partial charge in [-0.25, -0.2) is 0 Å². The molecular formula is C19H27NO4. The molecule has 1 saturated heterocycles. The third-order valence-corrected chi connectivity index (χ3v) is 6.33. The van der Waals surface area contributed by atoms with E-state index in [4.69, 9.17) is 14.2 Å². The van der Waals surface area contributed by atoms with Gasteiger partial charge in [0, 0.05) is 36.6 Å². The van der Waals surface area contributed by atoms with E-state index in [0.717, 1.165) is 18.6 Å². The molecule has 0 unspecified atom stereocenters. The first-order valence-electron chi connectivity index (χ1n) is 8.94. The average Bonchev–Trinajstić information content (AvgIpc) is 2.97. The molecule has 1 aliphatic heterocycles. The van der Waals surface area contributed by atoms with Gasteiger partial charge in [-0.3, -0.25) is 0 Å². The molecule has 0 radical (unpaired) electrons. The highest BCUT2D eigenvalue weighted by atomic mass is 16.5. The average molecular weight is 333 g/mol. The minimum Gasteiger partial charge on any atom is -0.497 e. The van der Waals surface area contributed by atoms with E-state index in [1.165, 1.54) is 19.3 Å². The molecule has 2 N–H and O–H groups in total. The number of hydrogen-bond acceptors (Lipinski definition) is 5. The van der Waals surface area contributed by atoms with Gasteiger partial charge in [0.1, 0.15) is 11.5 Å². The van der Waals surface area contributed by atoms with Crippen LogP contribution in [0.5, 0.6) is 11.5 Å². The summed E-state index contributed by atoms with van der Waals surface area (Å²) in [4.78, 5) is 0. The Kier molecular flexibility index (Phi) is 4.19. The standard InChI is InChI=1S/C19H27NO4/c1-22-13-8-12(9-14(10-13)23-2)16(21)11-20-17-15-4-7-24-18(15)19(17)5-3-6-19/h8-10,15-18,20-21H,3-7,11H2,1-2H3/t15-,16+,17+,18-/m0/s1. The van der Waals surface area contributed by atoms with Crippen LogP contribution in [0.2, 0.25) is 0 Å². The van der Waals surface area contributed by atoms with Gasteiger partial charge < -0.3 is 24.6 Å². The number of aliphatic hydroxyl groups is 1. The summed E-state index contributed by atoms with van der Waals surface area (Å²) in [5, 5.41) is 14.3. The van der Waals surface area contributed by atoms with Crippen molar-refractivity contribution in [2.75, 3.05) is 27.4 Å². The zero-order valence-corrected chi connectivity index (χ0v) is 14.5. The van der Waals surface area contributed by atoms with E-state index < -0.39 is 6.10 Å². The molecule has 4 atom stereocenters. The zero-order chi connectivity index (χ0) is 16.7. The van der Waals surface area contributed by atoms with Crippen LogP contribution in [0.15, 0.2) is 18.2 Å². The number of ether oxygens (including phenoxy) is 3. The topological polar surface area (TPSA) is 60.0 Å². The maximum Gasteiger partial charge on any atom is 0.122 e. The number of hydrogen-bond donors (Lipinski definition) is 2. The SMILES string of the molecule is COc1cc(OC)cc([C@H](O)CN[C@@H]2[C@@H]3CCO[C@@H]3C23CCC3)c1. The second kappa shape index (κ2) is 6.21. The number of aliphatic hydroxyl groups excluding tert-OH is 1. The van der Waals surface area contributed by atoms with Crippen molar-refractivity contribution in [1.82, 2.24) is 5.32 Å². The van der Waals surface area contributed by atoms with Crippen LogP contribution >= 0.6 is 0 Å². The van der Waals surface area contributed by atoms with Crippen molar-refractivity contribution in [3.05, 3.63) is 23.8 Å². The lowest BCUT2D eigenvalue weighted by Gasteiger charge is -2.63. The van der Waals surface area contributed by atoms with Crippen LogP contribution in [-0.2, 0) is 4.74 Å². The number of benzene rings is 1. The molecule has 5 nitrogen and oxygen atoms in total. The van der Waals surface area contributed by atoms with Crippen LogP contribution in [0.4, 0.5) is 0 Å². The van der Waals surface area contributed by atoms with Crippen molar-refractivity contribution < 1.29 is 19.3 Å². The van der Waals surface area contributed by atoms with Crippen molar-refractivity contribution in [2.45, 2.75) is 43.9 Å². The van der Waals surface area contributed by atoms with Crippen LogP contribution in [0.3, 0.4) is 0 Å². The molecule has 0 amide bonds. The lowest BCUT2D eigenvalue weighted by atomic mass is 9.46. The Bertz CT molecular complexity index is 579. The number of nitrogens with one attached hydrogen (secondary N) is 1. The maximum absolute atomic E-state index is 10.6. The quantitative estimate of drug-likeness (QED) is 0.836. The summed E-state index contributed by atoms with van der Waals surface area (Å²) < 4.78 is 16.5. The molecule has 1 spiro atoms. The molecule has 1 aromatic carbocycles. The highest BCUT2D eigenvalue weighted by Crippen LogP contribution is 2.62. The van der Waals surface area contributed by atoms with Gasteiger partial charge in [-0.05, 0) is 37.0 Å². The summed E-state index contributed by atoms with van der Waals surface area (Å²) >= 11 is 0. The fourth-order valence-corrected chi connectivity index (χ4v) is 4.94. The van der Waals surface area contributed by atoms with Gasteiger partial charge in [0.05, 0.1) is 26.4 Å². The molecule has 1 heterocycles. The minimum atomic E-state index is -0.576. The van der Waals surface area contributed by atoms with Gasteiger partial charge in [0.15, 0.2) is 0 Å². The predicted molar refractivity (Wildman–Crippen MR) is 90.4 cm³/mol. The number of rotatable bonds is 6. The summed E-state index contributed by atoms with van der Waals surface area (Å²) in [6.45, 7) is 1.44. The van der Waals surface area contributed by atoms with Gasteiger partial charge in [0.2, 0.25) is 0 Å². The van der Waals surface area contributed by atoms with E-state index in [-0.39, 0.29) is 0 Å². The lowest BCUT2D eigenvalue weighted by Crippen LogP contribution is -2.71. The fraction of sp³-hybridized carbons (Fsp3) is 0.684. The molecule has 0 aromatic heterocycles. The summed E-state index contributed by atoms with van der Waals surface area (Å²) in [5.74, 6) is 2.02.